The Morgan fingerprint density at radius 3 is 1.49 bits per heavy atom. The molecule has 53 heavy (non-hydrogen) atoms. The largest absolute Gasteiger partial charge is 0.456 e. The van der Waals surface area contributed by atoms with Crippen LogP contribution in [-0.2, 0) is 0 Å². The lowest BCUT2D eigenvalue weighted by atomic mass is 9.95. The van der Waals surface area contributed by atoms with Gasteiger partial charge in [-0.2, -0.15) is 0 Å². The molecule has 2 heterocycles. The normalized spacial score (nSPS) is 11.4. The zero-order valence-corrected chi connectivity index (χ0v) is 28.6. The number of fused-ring (bicyclic) bond motifs is 4. The summed E-state index contributed by atoms with van der Waals surface area (Å²) in [6.45, 7) is 0. The second-order valence-electron chi connectivity index (χ2n) is 13.2. The topological polar surface area (TPSA) is 51.8 Å². The van der Waals surface area contributed by atoms with Gasteiger partial charge in [0.15, 0.2) is 17.5 Å². The third-order valence-electron chi connectivity index (χ3n) is 9.97. The molecule has 0 unspecified atom stereocenters. The molecule has 10 rings (SSSR count). The van der Waals surface area contributed by atoms with Gasteiger partial charge in [-0.05, 0) is 62.4 Å². The molecule has 0 aliphatic rings. The average molecular weight is 678 g/mol. The Morgan fingerprint density at radius 2 is 0.774 bits per heavy atom. The van der Waals surface area contributed by atoms with E-state index >= 15 is 0 Å². The van der Waals surface area contributed by atoms with Gasteiger partial charge in [-0.1, -0.05) is 170 Å². The van der Waals surface area contributed by atoms with E-state index in [1.807, 2.05) is 48.5 Å². The van der Waals surface area contributed by atoms with Crippen LogP contribution in [0.25, 0.3) is 100 Å². The second-order valence-corrected chi connectivity index (χ2v) is 13.2. The van der Waals surface area contributed by atoms with Crippen LogP contribution in [0.2, 0.25) is 0 Å². The summed E-state index contributed by atoms with van der Waals surface area (Å²) in [4.78, 5) is 15.3. The van der Waals surface area contributed by atoms with Crippen molar-refractivity contribution in [3.05, 3.63) is 188 Å². The van der Waals surface area contributed by atoms with Crippen LogP contribution < -0.4 is 0 Å². The van der Waals surface area contributed by atoms with Crippen LogP contribution in [0.5, 0.6) is 0 Å². The minimum atomic E-state index is 0.587. The Hall–Kier alpha value is -7.17. The number of nitrogens with zero attached hydrogens (tertiary/aromatic N) is 3. The van der Waals surface area contributed by atoms with Gasteiger partial charge in [0.1, 0.15) is 11.2 Å². The smallest absolute Gasteiger partial charge is 0.164 e. The van der Waals surface area contributed by atoms with Gasteiger partial charge in [0.05, 0.1) is 0 Å². The van der Waals surface area contributed by atoms with Crippen LogP contribution >= 0.6 is 0 Å². The Labute approximate surface area is 306 Å². The Bertz CT molecular complexity index is 2920. The van der Waals surface area contributed by atoms with Gasteiger partial charge < -0.3 is 4.42 Å². The molecule has 0 aliphatic heterocycles. The van der Waals surface area contributed by atoms with Crippen LogP contribution in [0.4, 0.5) is 0 Å². The lowest BCUT2D eigenvalue weighted by molar-refractivity contribution is 0.669. The van der Waals surface area contributed by atoms with Crippen molar-refractivity contribution in [2.45, 2.75) is 0 Å². The lowest BCUT2D eigenvalue weighted by Gasteiger charge is -2.12. The molecule has 0 spiro atoms. The number of benzene rings is 8. The van der Waals surface area contributed by atoms with E-state index in [1.54, 1.807) is 0 Å². The van der Waals surface area contributed by atoms with E-state index in [0.29, 0.717) is 17.5 Å². The Balaban J connectivity index is 1.10. The molecule has 10 aromatic rings. The fourth-order valence-corrected chi connectivity index (χ4v) is 7.39. The Kier molecular flexibility index (Phi) is 7.43. The molecule has 2 aromatic heterocycles. The van der Waals surface area contributed by atoms with Crippen LogP contribution in [-0.4, -0.2) is 15.0 Å². The molecule has 248 valence electrons. The molecular formula is C49H31N3O. The van der Waals surface area contributed by atoms with E-state index in [2.05, 4.69) is 140 Å². The fourth-order valence-electron chi connectivity index (χ4n) is 7.39. The second kappa shape index (κ2) is 12.9. The minimum absolute atomic E-state index is 0.587. The molecule has 0 aliphatic carbocycles. The molecule has 0 saturated heterocycles. The van der Waals surface area contributed by atoms with Crippen molar-refractivity contribution >= 4 is 32.7 Å². The summed E-state index contributed by atoms with van der Waals surface area (Å²) < 4.78 is 6.54. The van der Waals surface area contributed by atoms with Gasteiger partial charge in [0, 0.05) is 27.5 Å². The average Bonchev–Trinajstić information content (AvgIpc) is 3.62. The highest BCUT2D eigenvalue weighted by Gasteiger charge is 2.18. The van der Waals surface area contributed by atoms with E-state index in [1.165, 1.54) is 22.3 Å². The first-order valence-electron chi connectivity index (χ1n) is 17.8. The summed E-state index contributed by atoms with van der Waals surface area (Å²) in [7, 11) is 0. The summed E-state index contributed by atoms with van der Waals surface area (Å²) in [6, 6.07) is 65.1. The number of rotatable bonds is 6. The molecule has 0 atom stereocenters. The third kappa shape index (κ3) is 5.54. The fraction of sp³-hybridized carbons (Fsp3) is 0. The highest BCUT2D eigenvalue weighted by molar-refractivity contribution is 6.13. The molecule has 0 saturated carbocycles. The van der Waals surface area contributed by atoms with Gasteiger partial charge in [-0.25, -0.2) is 15.0 Å². The maximum atomic E-state index is 6.54. The monoisotopic (exact) mass is 677 g/mol. The van der Waals surface area contributed by atoms with Gasteiger partial charge in [0.2, 0.25) is 0 Å². The van der Waals surface area contributed by atoms with Crippen molar-refractivity contribution < 1.29 is 4.42 Å². The highest BCUT2D eigenvalue weighted by Crippen LogP contribution is 2.39. The number of hydrogen-bond donors (Lipinski definition) is 0. The van der Waals surface area contributed by atoms with Crippen LogP contribution in [0.3, 0.4) is 0 Å². The summed E-state index contributed by atoms with van der Waals surface area (Å²) in [5, 5.41) is 4.37. The van der Waals surface area contributed by atoms with E-state index in [-0.39, 0.29) is 0 Å². The summed E-state index contributed by atoms with van der Waals surface area (Å²) in [6.07, 6.45) is 0. The predicted molar refractivity (Wildman–Crippen MR) is 217 cm³/mol. The van der Waals surface area contributed by atoms with E-state index in [4.69, 9.17) is 19.4 Å². The number of furan rings is 1. The molecule has 0 radical (unpaired) electrons. The van der Waals surface area contributed by atoms with E-state index in [9.17, 15) is 0 Å². The number of aromatic nitrogens is 3. The molecule has 0 fully saturated rings. The molecule has 0 amide bonds. The van der Waals surface area contributed by atoms with Crippen molar-refractivity contribution in [2.24, 2.45) is 0 Å². The van der Waals surface area contributed by atoms with Crippen LogP contribution in [0, 0.1) is 0 Å². The van der Waals surface area contributed by atoms with Crippen molar-refractivity contribution in [3.63, 3.8) is 0 Å². The molecular weight excluding hydrogens is 647 g/mol. The van der Waals surface area contributed by atoms with Gasteiger partial charge in [0.25, 0.3) is 0 Å². The van der Waals surface area contributed by atoms with Gasteiger partial charge in [-0.3, -0.25) is 0 Å². The van der Waals surface area contributed by atoms with Gasteiger partial charge >= 0.3 is 0 Å². The minimum Gasteiger partial charge on any atom is -0.456 e. The van der Waals surface area contributed by atoms with Crippen molar-refractivity contribution in [2.75, 3.05) is 0 Å². The van der Waals surface area contributed by atoms with Crippen LogP contribution in [0.15, 0.2) is 192 Å². The van der Waals surface area contributed by atoms with Gasteiger partial charge in [-0.15, -0.1) is 0 Å². The first kappa shape index (κ1) is 30.6. The molecule has 0 N–H and O–H groups in total. The quantitative estimate of drug-likeness (QED) is 0.176. The maximum absolute atomic E-state index is 6.54. The first-order chi connectivity index (χ1) is 26.3. The zero-order valence-electron chi connectivity index (χ0n) is 28.6. The van der Waals surface area contributed by atoms with Crippen molar-refractivity contribution in [3.8, 4) is 67.5 Å². The number of hydrogen-bond acceptors (Lipinski definition) is 4. The highest BCUT2D eigenvalue weighted by atomic mass is 16.3. The van der Waals surface area contributed by atoms with Crippen molar-refractivity contribution in [1.82, 2.24) is 15.0 Å². The summed E-state index contributed by atoms with van der Waals surface area (Å²) in [5.74, 6) is 1.83. The molecule has 8 aromatic carbocycles. The van der Waals surface area contributed by atoms with E-state index in [0.717, 1.165) is 60.5 Å². The van der Waals surface area contributed by atoms with Crippen molar-refractivity contribution in [1.29, 1.82) is 0 Å². The van der Waals surface area contributed by atoms with Crippen LogP contribution in [0.1, 0.15) is 0 Å². The SMILES string of the molecule is c1ccc(-c2ccc(-c3cccc4oc5cc(-c6nc(-c7ccccc7)nc(-c7cccc8c(-c9ccccc9)cccc78)n6)ccc5c34)cc2)cc1. The molecule has 4 heteroatoms. The first-order valence-corrected chi connectivity index (χ1v) is 17.8. The standard InChI is InChI=1S/C49H31N3O/c1-4-13-32(14-5-1)33-25-27-35(28-26-33)39-20-12-24-44-46(39)43-30-29-37(31-45(43)53-44)48-50-47(36-17-8-3-9-18-36)51-49(52-48)42-23-11-21-40-38(19-10-22-41(40)42)34-15-6-2-7-16-34/h1-31H. The van der Waals surface area contributed by atoms with E-state index < -0.39 is 0 Å². The maximum Gasteiger partial charge on any atom is 0.164 e. The summed E-state index contributed by atoms with van der Waals surface area (Å²) in [5.41, 5.74) is 11.4. The zero-order chi connectivity index (χ0) is 35.1. The molecule has 0 bridgehead atoms. The third-order valence-corrected chi connectivity index (χ3v) is 9.97. The molecule has 4 nitrogen and oxygen atoms in total. The summed E-state index contributed by atoms with van der Waals surface area (Å²) >= 11 is 0. The Morgan fingerprint density at radius 1 is 0.283 bits per heavy atom. The lowest BCUT2D eigenvalue weighted by Crippen LogP contribution is -2.00. The predicted octanol–water partition coefficient (Wildman–Crippen LogP) is 12.9.